The number of benzene rings is 1. The Bertz CT molecular complexity index is 1200. The summed E-state index contributed by atoms with van der Waals surface area (Å²) >= 11 is 0. The van der Waals surface area contributed by atoms with Gasteiger partial charge in [-0.3, -0.25) is 14.4 Å². The average Bonchev–Trinajstić information content (AvgIpc) is 2.75. The molecule has 34 heavy (non-hydrogen) atoms. The maximum absolute atomic E-state index is 13.9. The van der Waals surface area contributed by atoms with Crippen LogP contribution in [0.1, 0.15) is 53.1 Å². The van der Waals surface area contributed by atoms with Crippen molar-refractivity contribution >= 4 is 11.8 Å². The number of rotatable bonds is 6. The fourth-order valence-electron chi connectivity index (χ4n) is 4.99. The third-order valence-corrected chi connectivity index (χ3v) is 6.68. The molecule has 8 nitrogen and oxygen atoms in total. The molecule has 1 saturated carbocycles. The molecular formula is C24H27F2N3O5. The number of aromatic nitrogens is 1. The SMILES string of the molecule is COCC1CC2(C1)CN(C(C)C)C(=O)c1c(O)c(=O)c(C(=O)NCc3ccc(F)cc3F)cn12. The lowest BCUT2D eigenvalue weighted by atomic mass is 9.66. The second-order valence-electron chi connectivity index (χ2n) is 9.34. The van der Waals surface area contributed by atoms with E-state index < -0.39 is 40.2 Å². The summed E-state index contributed by atoms with van der Waals surface area (Å²) in [5, 5.41) is 13.2. The van der Waals surface area contributed by atoms with Crippen LogP contribution in [-0.4, -0.2) is 52.7 Å². The van der Waals surface area contributed by atoms with Crippen LogP contribution in [0.25, 0.3) is 0 Å². The lowest BCUT2D eigenvalue weighted by molar-refractivity contribution is -0.0284. The molecule has 2 heterocycles. The summed E-state index contributed by atoms with van der Waals surface area (Å²) in [5.74, 6) is -3.44. The number of halogens is 2. The van der Waals surface area contributed by atoms with E-state index >= 15 is 0 Å². The number of hydrogen-bond acceptors (Lipinski definition) is 5. The lowest BCUT2D eigenvalue weighted by Gasteiger charge is -2.55. The number of amides is 2. The first-order chi connectivity index (χ1) is 16.1. The average molecular weight is 475 g/mol. The van der Waals surface area contributed by atoms with E-state index in [0.29, 0.717) is 32.1 Å². The van der Waals surface area contributed by atoms with Crippen LogP contribution in [0.5, 0.6) is 5.75 Å². The summed E-state index contributed by atoms with van der Waals surface area (Å²) in [5.41, 5.74) is -2.02. The van der Waals surface area contributed by atoms with Crippen LogP contribution < -0.4 is 10.7 Å². The molecule has 4 rings (SSSR count). The predicted octanol–water partition coefficient (Wildman–Crippen LogP) is 2.38. The van der Waals surface area contributed by atoms with Gasteiger partial charge in [0, 0.05) is 50.7 Å². The second-order valence-corrected chi connectivity index (χ2v) is 9.34. The summed E-state index contributed by atoms with van der Waals surface area (Å²) in [6.45, 7) is 4.35. The number of hydrogen-bond donors (Lipinski definition) is 2. The number of fused-ring (bicyclic) bond motifs is 2. The van der Waals surface area contributed by atoms with Crippen molar-refractivity contribution < 1.29 is 28.2 Å². The molecular weight excluding hydrogens is 448 g/mol. The van der Waals surface area contributed by atoms with E-state index in [4.69, 9.17) is 4.74 Å². The summed E-state index contributed by atoms with van der Waals surface area (Å²) in [6.07, 6.45) is 2.61. The molecule has 10 heteroatoms. The van der Waals surface area contributed by atoms with Crippen molar-refractivity contribution in [3.63, 3.8) is 0 Å². The Morgan fingerprint density at radius 1 is 1.29 bits per heavy atom. The van der Waals surface area contributed by atoms with Gasteiger partial charge in [-0.1, -0.05) is 6.07 Å². The van der Waals surface area contributed by atoms with Crippen molar-refractivity contribution in [3.05, 3.63) is 63.1 Å². The van der Waals surface area contributed by atoms with E-state index in [2.05, 4.69) is 5.32 Å². The topological polar surface area (TPSA) is 101 Å². The normalized spacial score (nSPS) is 21.5. The zero-order valence-electron chi connectivity index (χ0n) is 19.2. The van der Waals surface area contributed by atoms with Gasteiger partial charge in [-0.05, 0) is 38.7 Å². The molecule has 0 saturated heterocycles. The van der Waals surface area contributed by atoms with Crippen molar-refractivity contribution in [2.45, 2.75) is 44.8 Å². The van der Waals surface area contributed by atoms with E-state index in [1.165, 1.54) is 12.3 Å². The number of nitrogens with zero attached hydrogens (tertiary/aromatic N) is 2. The van der Waals surface area contributed by atoms with E-state index in [1.807, 2.05) is 13.8 Å². The minimum atomic E-state index is -0.981. The van der Waals surface area contributed by atoms with Crippen LogP contribution >= 0.6 is 0 Å². The molecule has 2 amide bonds. The molecule has 1 aliphatic heterocycles. The van der Waals surface area contributed by atoms with Crippen molar-refractivity contribution in [1.82, 2.24) is 14.8 Å². The summed E-state index contributed by atoms with van der Waals surface area (Å²) in [4.78, 5) is 40.5. The van der Waals surface area contributed by atoms with Crippen LogP contribution in [0.15, 0.2) is 29.2 Å². The highest BCUT2D eigenvalue weighted by atomic mass is 19.1. The van der Waals surface area contributed by atoms with Crippen molar-refractivity contribution in [3.8, 4) is 5.75 Å². The van der Waals surface area contributed by atoms with Crippen molar-refractivity contribution in [2.24, 2.45) is 5.92 Å². The first-order valence-corrected chi connectivity index (χ1v) is 11.1. The first kappa shape index (κ1) is 23.9. The van der Waals surface area contributed by atoms with Gasteiger partial charge in [0.15, 0.2) is 11.4 Å². The monoisotopic (exact) mass is 475 g/mol. The van der Waals surface area contributed by atoms with E-state index in [1.54, 1.807) is 16.6 Å². The highest BCUT2D eigenvalue weighted by Gasteiger charge is 2.52. The van der Waals surface area contributed by atoms with Crippen LogP contribution in [0.2, 0.25) is 0 Å². The van der Waals surface area contributed by atoms with Gasteiger partial charge >= 0.3 is 0 Å². The number of aromatic hydroxyl groups is 1. The second kappa shape index (κ2) is 8.83. The highest BCUT2D eigenvalue weighted by Crippen LogP contribution is 2.48. The third-order valence-electron chi connectivity index (χ3n) is 6.68. The van der Waals surface area contributed by atoms with Crippen molar-refractivity contribution in [2.75, 3.05) is 20.3 Å². The number of ether oxygens (including phenoxy) is 1. The zero-order chi connectivity index (χ0) is 24.8. The van der Waals surface area contributed by atoms with Gasteiger partial charge in [-0.2, -0.15) is 0 Å². The lowest BCUT2D eigenvalue weighted by Crippen LogP contribution is -2.62. The molecule has 2 aromatic rings. The first-order valence-electron chi connectivity index (χ1n) is 11.1. The fourth-order valence-corrected chi connectivity index (χ4v) is 4.99. The van der Waals surface area contributed by atoms with Gasteiger partial charge in [0.2, 0.25) is 5.43 Å². The Morgan fingerprint density at radius 3 is 2.62 bits per heavy atom. The van der Waals surface area contributed by atoms with Crippen LogP contribution in [0.3, 0.4) is 0 Å². The molecule has 0 atom stereocenters. The molecule has 0 unspecified atom stereocenters. The van der Waals surface area contributed by atoms with E-state index in [9.17, 15) is 28.3 Å². The Kier molecular flexibility index (Phi) is 6.20. The highest BCUT2D eigenvalue weighted by molar-refractivity contribution is 5.99. The van der Waals surface area contributed by atoms with Crippen LogP contribution in [0.4, 0.5) is 8.78 Å². The Balaban J connectivity index is 1.70. The Hall–Kier alpha value is -3.27. The summed E-state index contributed by atoms with van der Waals surface area (Å²) in [6, 6.07) is 2.81. The molecule has 2 N–H and O–H groups in total. The van der Waals surface area contributed by atoms with Gasteiger partial charge in [-0.25, -0.2) is 8.78 Å². The fraction of sp³-hybridized carbons (Fsp3) is 0.458. The number of nitrogens with one attached hydrogen (secondary N) is 1. The minimum absolute atomic E-state index is 0.0395. The molecule has 0 bridgehead atoms. The maximum atomic E-state index is 13.9. The Labute approximate surface area is 195 Å². The molecule has 1 fully saturated rings. The molecule has 1 aromatic heterocycles. The van der Waals surface area contributed by atoms with Crippen LogP contribution in [-0.2, 0) is 16.8 Å². The minimum Gasteiger partial charge on any atom is -0.503 e. The van der Waals surface area contributed by atoms with Crippen LogP contribution in [0, 0.1) is 17.6 Å². The molecule has 2 aliphatic rings. The van der Waals surface area contributed by atoms with E-state index in [-0.39, 0.29) is 35.3 Å². The number of pyridine rings is 1. The zero-order valence-corrected chi connectivity index (χ0v) is 19.2. The third kappa shape index (κ3) is 3.96. The summed E-state index contributed by atoms with van der Waals surface area (Å²) < 4.78 is 33.9. The van der Waals surface area contributed by atoms with Gasteiger partial charge in [0.1, 0.15) is 17.2 Å². The molecule has 1 spiro atoms. The molecule has 182 valence electrons. The number of carbonyl (C=O) groups is 2. The standard InChI is InChI=1S/C24H27F2N3O5/c1-13(2)28-12-24(7-14(8-24)11-34-3)29-10-17(20(30)21(31)19(29)23(28)33)22(32)27-9-15-4-5-16(25)6-18(15)26/h4-6,10,13-14,31H,7-9,11-12H2,1-3H3,(H,27,32). The van der Waals surface area contributed by atoms with Gasteiger partial charge < -0.3 is 24.6 Å². The van der Waals surface area contributed by atoms with Gasteiger partial charge in [0.25, 0.3) is 11.8 Å². The molecule has 1 aliphatic carbocycles. The maximum Gasteiger partial charge on any atom is 0.274 e. The quantitative estimate of drug-likeness (QED) is 0.668. The predicted molar refractivity (Wildman–Crippen MR) is 119 cm³/mol. The largest absolute Gasteiger partial charge is 0.503 e. The smallest absolute Gasteiger partial charge is 0.274 e. The van der Waals surface area contributed by atoms with E-state index in [0.717, 1.165) is 6.07 Å². The molecule has 0 radical (unpaired) electrons. The number of methoxy groups -OCH3 is 1. The molecule has 1 aromatic carbocycles. The Morgan fingerprint density at radius 2 is 2.00 bits per heavy atom. The van der Waals surface area contributed by atoms with Gasteiger partial charge in [-0.15, -0.1) is 0 Å². The van der Waals surface area contributed by atoms with Gasteiger partial charge in [0.05, 0.1) is 5.54 Å². The number of carbonyl (C=O) groups excluding carboxylic acids is 2. The summed E-state index contributed by atoms with van der Waals surface area (Å²) in [7, 11) is 1.61. The van der Waals surface area contributed by atoms with Crippen molar-refractivity contribution in [1.29, 1.82) is 0 Å².